The first-order valence-electron chi connectivity index (χ1n) is 12.5. The number of likely N-dealkylation sites (tertiary alicyclic amines) is 1. The molecule has 2 fully saturated rings. The van der Waals surface area contributed by atoms with E-state index < -0.39 is 0 Å². The molecule has 2 aromatic carbocycles. The Morgan fingerprint density at radius 2 is 1.82 bits per heavy atom. The minimum atomic E-state index is -0.336. The van der Waals surface area contributed by atoms with Gasteiger partial charge in [0.15, 0.2) is 11.5 Å². The molecular weight excluding hydrogens is 482 g/mol. The number of imidazole rings is 1. The fourth-order valence-corrected chi connectivity index (χ4v) is 4.71. The van der Waals surface area contributed by atoms with Crippen LogP contribution in [0.1, 0.15) is 19.3 Å². The van der Waals surface area contributed by atoms with E-state index >= 15 is 0 Å². The van der Waals surface area contributed by atoms with Crippen LogP contribution < -0.4 is 16.2 Å². The standard InChI is InChI=1S/C28H25N7O3/c29-15-19(14-18-6-7-18)27(36)33-13-12-21(33)16-34-26-24(25(30)31-17-32-26)35(28(34)37)20-8-10-23(11-9-20)38-22-4-2-1-3-5-22/h1-5,8-11,14,17-18,21H,6-7,12-13,16H2,(H2,30,31,32)/t21-/m0/s1. The summed E-state index contributed by atoms with van der Waals surface area (Å²) in [6.07, 6.45) is 5.84. The van der Waals surface area contributed by atoms with Crippen molar-refractivity contribution in [3.05, 3.63) is 83.1 Å². The van der Waals surface area contributed by atoms with Gasteiger partial charge < -0.3 is 15.4 Å². The molecular formula is C28H25N7O3. The van der Waals surface area contributed by atoms with E-state index in [-0.39, 0.29) is 35.6 Å². The lowest BCUT2D eigenvalue weighted by Crippen LogP contribution is -2.54. The molecule has 0 spiro atoms. The summed E-state index contributed by atoms with van der Waals surface area (Å²) in [7, 11) is 0. The number of fused-ring (bicyclic) bond motifs is 1. The normalized spacial score (nSPS) is 17.2. The number of rotatable bonds is 7. The zero-order valence-electron chi connectivity index (χ0n) is 20.5. The predicted octanol–water partition coefficient (Wildman–Crippen LogP) is 3.42. The van der Waals surface area contributed by atoms with Crippen LogP contribution in [0.2, 0.25) is 0 Å². The zero-order chi connectivity index (χ0) is 26.2. The monoisotopic (exact) mass is 507 g/mol. The number of carbonyl (C=O) groups is 1. The number of nitrogens with two attached hydrogens (primary N) is 1. The Bertz CT molecular complexity index is 1640. The van der Waals surface area contributed by atoms with Gasteiger partial charge in [-0.25, -0.2) is 14.8 Å². The molecule has 1 amide bonds. The number of nitrogen functional groups attached to an aromatic ring is 1. The number of hydrogen-bond donors (Lipinski definition) is 1. The van der Waals surface area contributed by atoms with Crippen molar-refractivity contribution in [1.82, 2.24) is 24.0 Å². The Hall–Kier alpha value is -4.91. The van der Waals surface area contributed by atoms with Crippen LogP contribution in [0.5, 0.6) is 11.5 Å². The molecule has 4 aromatic rings. The highest BCUT2D eigenvalue weighted by atomic mass is 16.5. The van der Waals surface area contributed by atoms with Gasteiger partial charge in [-0.1, -0.05) is 24.3 Å². The summed E-state index contributed by atoms with van der Waals surface area (Å²) in [4.78, 5) is 36.8. The largest absolute Gasteiger partial charge is 0.457 e. The maximum atomic E-state index is 13.7. The third kappa shape index (κ3) is 4.28. The van der Waals surface area contributed by atoms with E-state index in [0.717, 1.165) is 19.3 Å². The second-order valence-electron chi connectivity index (χ2n) is 9.54. The number of benzene rings is 2. The van der Waals surface area contributed by atoms with Crippen LogP contribution in [0.3, 0.4) is 0 Å². The van der Waals surface area contributed by atoms with Crippen molar-refractivity contribution in [2.45, 2.75) is 31.8 Å². The fourth-order valence-electron chi connectivity index (χ4n) is 4.71. The van der Waals surface area contributed by atoms with Gasteiger partial charge >= 0.3 is 5.69 Å². The molecule has 10 heteroatoms. The maximum Gasteiger partial charge on any atom is 0.335 e. The lowest BCUT2D eigenvalue weighted by atomic mass is 10.0. The summed E-state index contributed by atoms with van der Waals surface area (Å²) in [6, 6.07) is 18.3. The van der Waals surface area contributed by atoms with Gasteiger partial charge in [0, 0.05) is 13.1 Å². The van der Waals surface area contributed by atoms with Gasteiger partial charge in [0.1, 0.15) is 35.0 Å². The molecule has 0 radical (unpaired) electrons. The number of nitriles is 1. The van der Waals surface area contributed by atoms with Crippen molar-refractivity contribution < 1.29 is 9.53 Å². The average Bonchev–Trinajstić information content (AvgIpc) is 3.69. The molecule has 0 unspecified atom stereocenters. The van der Waals surface area contributed by atoms with Crippen molar-refractivity contribution in [2.24, 2.45) is 5.92 Å². The quantitative estimate of drug-likeness (QED) is 0.299. The van der Waals surface area contributed by atoms with Crippen molar-refractivity contribution in [3.63, 3.8) is 0 Å². The number of aromatic nitrogens is 4. The molecule has 1 saturated carbocycles. The van der Waals surface area contributed by atoms with Crippen LogP contribution in [0, 0.1) is 17.2 Å². The highest BCUT2D eigenvalue weighted by Crippen LogP contribution is 2.32. The minimum absolute atomic E-state index is 0.177. The predicted molar refractivity (Wildman–Crippen MR) is 141 cm³/mol. The topological polar surface area (TPSA) is 132 Å². The van der Waals surface area contributed by atoms with E-state index in [1.807, 2.05) is 30.3 Å². The first-order valence-corrected chi connectivity index (χ1v) is 12.5. The summed E-state index contributed by atoms with van der Waals surface area (Å²) < 4.78 is 8.89. The van der Waals surface area contributed by atoms with Crippen LogP contribution in [0.4, 0.5) is 5.82 Å². The first-order chi connectivity index (χ1) is 18.5. The van der Waals surface area contributed by atoms with E-state index in [9.17, 15) is 14.9 Å². The molecule has 190 valence electrons. The third-order valence-corrected chi connectivity index (χ3v) is 6.98. The van der Waals surface area contributed by atoms with E-state index in [2.05, 4.69) is 16.0 Å². The molecule has 1 saturated heterocycles. The summed E-state index contributed by atoms with van der Waals surface area (Å²) in [6.45, 7) is 0.780. The second kappa shape index (κ2) is 9.52. The van der Waals surface area contributed by atoms with Crippen molar-refractivity contribution in [2.75, 3.05) is 12.3 Å². The molecule has 2 N–H and O–H groups in total. The molecule has 2 aliphatic rings. The van der Waals surface area contributed by atoms with Gasteiger partial charge in [-0.2, -0.15) is 5.26 Å². The Balaban J connectivity index is 1.31. The summed E-state index contributed by atoms with van der Waals surface area (Å²) in [5, 5.41) is 9.50. The Morgan fingerprint density at radius 3 is 2.47 bits per heavy atom. The molecule has 38 heavy (non-hydrogen) atoms. The second-order valence-corrected chi connectivity index (χ2v) is 9.54. The van der Waals surface area contributed by atoms with Crippen molar-refractivity contribution >= 4 is 22.9 Å². The molecule has 2 aromatic heterocycles. The molecule has 6 rings (SSSR count). The van der Waals surface area contributed by atoms with Gasteiger partial charge in [-0.15, -0.1) is 0 Å². The lowest BCUT2D eigenvalue weighted by molar-refractivity contribution is -0.134. The minimum Gasteiger partial charge on any atom is -0.457 e. The SMILES string of the molecule is N#CC(=CC1CC1)C(=O)N1CC[C@H]1Cn1c(=O)n(-c2ccc(Oc3ccccc3)cc2)c2c(N)ncnc21. The maximum absolute atomic E-state index is 13.7. The summed E-state index contributed by atoms with van der Waals surface area (Å²) >= 11 is 0. The van der Waals surface area contributed by atoms with E-state index in [0.29, 0.717) is 40.8 Å². The Morgan fingerprint density at radius 1 is 1.08 bits per heavy atom. The zero-order valence-corrected chi connectivity index (χ0v) is 20.5. The number of allylic oxidation sites excluding steroid dienone is 1. The molecule has 10 nitrogen and oxygen atoms in total. The highest BCUT2D eigenvalue weighted by Gasteiger charge is 2.36. The molecule has 3 heterocycles. The van der Waals surface area contributed by atoms with Crippen LogP contribution in [0.25, 0.3) is 16.9 Å². The summed E-state index contributed by atoms with van der Waals surface area (Å²) in [5.74, 6) is 1.54. The van der Waals surface area contributed by atoms with Gasteiger partial charge in [0.05, 0.1) is 11.7 Å². The number of carbonyl (C=O) groups excluding carboxylic acids is 1. The van der Waals surface area contributed by atoms with Crippen LogP contribution in [-0.2, 0) is 11.3 Å². The number of para-hydroxylation sites is 1. The van der Waals surface area contributed by atoms with Crippen LogP contribution in [-0.4, -0.2) is 42.5 Å². The molecule has 1 aliphatic carbocycles. The Labute approximate surface area is 218 Å². The fraction of sp³-hybridized carbons (Fsp3) is 0.250. The number of nitrogens with zero attached hydrogens (tertiary/aromatic N) is 6. The molecule has 1 aliphatic heterocycles. The lowest BCUT2D eigenvalue weighted by Gasteiger charge is -2.40. The number of hydrogen-bond acceptors (Lipinski definition) is 7. The van der Waals surface area contributed by atoms with E-state index in [1.54, 1.807) is 35.2 Å². The number of anilines is 1. The van der Waals surface area contributed by atoms with Crippen LogP contribution >= 0.6 is 0 Å². The van der Waals surface area contributed by atoms with Crippen LogP contribution in [0.15, 0.2) is 77.4 Å². The first kappa shape index (κ1) is 23.5. The van der Waals surface area contributed by atoms with Crippen molar-refractivity contribution in [1.29, 1.82) is 5.26 Å². The van der Waals surface area contributed by atoms with Gasteiger partial charge in [0.25, 0.3) is 5.91 Å². The third-order valence-electron chi connectivity index (χ3n) is 6.98. The Kier molecular flexibility index (Phi) is 5.88. The highest BCUT2D eigenvalue weighted by molar-refractivity contribution is 5.98. The van der Waals surface area contributed by atoms with Gasteiger partial charge in [-0.05, 0) is 61.6 Å². The number of ether oxygens (including phenoxy) is 1. The smallest absolute Gasteiger partial charge is 0.335 e. The van der Waals surface area contributed by atoms with Crippen molar-refractivity contribution in [3.8, 4) is 23.3 Å². The van der Waals surface area contributed by atoms with E-state index in [1.165, 1.54) is 15.5 Å². The molecule has 0 bridgehead atoms. The van der Waals surface area contributed by atoms with Gasteiger partial charge in [0.2, 0.25) is 0 Å². The molecule has 1 atom stereocenters. The number of amides is 1. The van der Waals surface area contributed by atoms with E-state index in [4.69, 9.17) is 10.5 Å². The summed E-state index contributed by atoms with van der Waals surface area (Å²) in [5.41, 5.74) is 7.43. The average molecular weight is 508 g/mol. The van der Waals surface area contributed by atoms with Gasteiger partial charge in [-0.3, -0.25) is 13.9 Å².